The van der Waals surface area contributed by atoms with Gasteiger partial charge in [-0.1, -0.05) is 0 Å². The third-order valence-electron chi connectivity index (χ3n) is 2.50. The van der Waals surface area contributed by atoms with Gasteiger partial charge in [-0.25, -0.2) is 0 Å². The highest BCUT2D eigenvalue weighted by atomic mass is 16.8. The van der Waals surface area contributed by atoms with E-state index in [1.165, 1.54) is 0 Å². The Labute approximate surface area is 81.0 Å². The van der Waals surface area contributed by atoms with Crippen LogP contribution in [0.5, 0.6) is 0 Å². The van der Waals surface area contributed by atoms with Gasteiger partial charge in [0.05, 0.1) is 6.61 Å². The van der Waals surface area contributed by atoms with Crippen molar-refractivity contribution in [3.63, 3.8) is 0 Å². The van der Waals surface area contributed by atoms with E-state index in [9.17, 15) is 10.2 Å². The lowest BCUT2D eigenvalue weighted by Gasteiger charge is -2.36. The van der Waals surface area contributed by atoms with Gasteiger partial charge in [0.25, 0.3) is 0 Å². The van der Waals surface area contributed by atoms with E-state index < -0.39 is 37.0 Å². The minimum Gasteiger partial charge on any atom is -0.394 e. The van der Waals surface area contributed by atoms with E-state index in [0.29, 0.717) is 0 Å². The van der Waals surface area contributed by atoms with Crippen LogP contribution in [0.3, 0.4) is 0 Å². The molecule has 14 heavy (non-hydrogen) atoms. The Balaban J connectivity index is 2.09. The third kappa shape index (κ3) is 1.54. The Morgan fingerprint density at radius 1 is 1.07 bits per heavy atom. The van der Waals surface area contributed by atoms with E-state index in [0.717, 1.165) is 0 Å². The van der Waals surface area contributed by atoms with Gasteiger partial charge in [0.2, 0.25) is 0 Å². The fourth-order valence-electron chi connectivity index (χ4n) is 1.75. The smallest absolute Gasteiger partial charge is 0.190 e. The van der Waals surface area contributed by atoms with Gasteiger partial charge in [0, 0.05) is 0 Å². The number of hydrogen-bond donors (Lipinski definition) is 3. The van der Waals surface area contributed by atoms with Gasteiger partial charge < -0.3 is 29.5 Å². The van der Waals surface area contributed by atoms with Crippen LogP contribution in [0.4, 0.5) is 0 Å². The molecule has 2 heterocycles. The summed E-state index contributed by atoms with van der Waals surface area (Å²) in [4.78, 5) is 0. The minimum atomic E-state index is -1.14. The first-order valence-electron chi connectivity index (χ1n) is 4.57. The standard InChI is InChI=1S/C8H14O6/c1-3-12-7-6(11)5(10)4(2-9)14-8(7)13-3/h3-11H,2H2,1H3/t3?,4?,5-,6?,7?,8-/m1/s1. The third-order valence-corrected chi connectivity index (χ3v) is 2.50. The predicted octanol–water partition coefficient (Wildman–Crippen LogP) is -1.81. The van der Waals surface area contributed by atoms with Gasteiger partial charge in [-0.15, -0.1) is 0 Å². The van der Waals surface area contributed by atoms with E-state index in [1.54, 1.807) is 6.92 Å². The highest BCUT2D eigenvalue weighted by Crippen LogP contribution is 2.30. The first-order valence-corrected chi connectivity index (χ1v) is 4.57. The van der Waals surface area contributed by atoms with E-state index >= 15 is 0 Å². The van der Waals surface area contributed by atoms with E-state index in [-0.39, 0.29) is 6.61 Å². The number of aliphatic hydroxyl groups is 3. The van der Waals surface area contributed by atoms with Crippen LogP contribution in [0.1, 0.15) is 6.92 Å². The zero-order chi connectivity index (χ0) is 10.3. The topological polar surface area (TPSA) is 88.4 Å². The number of fused-ring (bicyclic) bond motifs is 1. The summed E-state index contributed by atoms with van der Waals surface area (Å²) in [6.07, 6.45) is -4.90. The molecule has 6 nitrogen and oxygen atoms in total. The summed E-state index contributed by atoms with van der Waals surface area (Å²) in [5.74, 6) is 0. The second-order valence-corrected chi connectivity index (χ2v) is 3.51. The Hall–Kier alpha value is -0.240. The van der Waals surface area contributed by atoms with E-state index in [4.69, 9.17) is 19.3 Å². The van der Waals surface area contributed by atoms with Crippen LogP contribution in [0.15, 0.2) is 0 Å². The lowest BCUT2D eigenvalue weighted by atomic mass is 9.99. The quantitative estimate of drug-likeness (QED) is 0.468. The molecular formula is C8H14O6. The second kappa shape index (κ2) is 3.73. The number of hydrogen-bond acceptors (Lipinski definition) is 6. The molecule has 6 atom stereocenters. The molecule has 2 aliphatic rings. The molecule has 0 aromatic heterocycles. The molecule has 0 aromatic carbocycles. The Kier molecular flexibility index (Phi) is 2.74. The minimum absolute atomic E-state index is 0.362. The van der Waals surface area contributed by atoms with Crippen molar-refractivity contribution in [2.45, 2.75) is 43.9 Å². The van der Waals surface area contributed by atoms with Crippen molar-refractivity contribution in [3.05, 3.63) is 0 Å². The van der Waals surface area contributed by atoms with Crippen molar-refractivity contribution < 1.29 is 29.5 Å². The molecule has 4 unspecified atom stereocenters. The summed E-state index contributed by atoms with van der Waals surface area (Å²) in [5, 5.41) is 28.0. The van der Waals surface area contributed by atoms with Crippen LogP contribution in [0.25, 0.3) is 0 Å². The second-order valence-electron chi connectivity index (χ2n) is 3.51. The van der Waals surface area contributed by atoms with Crippen LogP contribution in [0, 0.1) is 0 Å². The molecule has 6 heteroatoms. The maximum atomic E-state index is 9.62. The number of aliphatic hydroxyl groups excluding tert-OH is 3. The maximum absolute atomic E-state index is 9.62. The number of ether oxygens (including phenoxy) is 3. The van der Waals surface area contributed by atoms with Crippen molar-refractivity contribution in [2.24, 2.45) is 0 Å². The van der Waals surface area contributed by atoms with Crippen molar-refractivity contribution in [2.75, 3.05) is 6.61 Å². The molecule has 0 amide bonds. The molecule has 0 aromatic rings. The fourth-order valence-corrected chi connectivity index (χ4v) is 1.75. The highest BCUT2D eigenvalue weighted by Gasteiger charge is 2.50. The van der Waals surface area contributed by atoms with E-state index in [1.807, 2.05) is 0 Å². The molecule has 2 aliphatic heterocycles. The molecule has 0 spiro atoms. The zero-order valence-electron chi connectivity index (χ0n) is 7.74. The molecule has 82 valence electrons. The average Bonchev–Trinajstić information content (AvgIpc) is 2.52. The summed E-state index contributed by atoms with van der Waals surface area (Å²) >= 11 is 0. The first-order chi connectivity index (χ1) is 6.63. The summed E-state index contributed by atoms with van der Waals surface area (Å²) in [6, 6.07) is 0. The largest absolute Gasteiger partial charge is 0.394 e. The van der Waals surface area contributed by atoms with E-state index in [2.05, 4.69) is 0 Å². The molecule has 0 radical (unpaired) electrons. The van der Waals surface area contributed by atoms with Crippen LogP contribution >= 0.6 is 0 Å². The lowest BCUT2D eigenvalue weighted by Crippen LogP contribution is -2.57. The molecule has 0 aliphatic carbocycles. The van der Waals surface area contributed by atoms with Gasteiger partial charge in [0.1, 0.15) is 24.4 Å². The summed E-state index contributed by atoms with van der Waals surface area (Å²) in [7, 11) is 0. The van der Waals surface area contributed by atoms with Crippen molar-refractivity contribution in [3.8, 4) is 0 Å². The van der Waals surface area contributed by atoms with Crippen molar-refractivity contribution in [1.29, 1.82) is 0 Å². The zero-order valence-corrected chi connectivity index (χ0v) is 7.74. The molecule has 0 saturated carbocycles. The maximum Gasteiger partial charge on any atom is 0.190 e. The molecule has 2 fully saturated rings. The predicted molar refractivity (Wildman–Crippen MR) is 43.2 cm³/mol. The van der Waals surface area contributed by atoms with Gasteiger partial charge in [-0.3, -0.25) is 0 Å². The molecular weight excluding hydrogens is 192 g/mol. The summed E-state index contributed by atoms with van der Waals surface area (Å²) in [6.45, 7) is 1.31. The monoisotopic (exact) mass is 206 g/mol. The lowest BCUT2D eigenvalue weighted by molar-refractivity contribution is -0.252. The Morgan fingerprint density at radius 3 is 2.43 bits per heavy atom. The summed E-state index contributed by atoms with van der Waals surface area (Å²) < 4.78 is 15.6. The van der Waals surface area contributed by atoms with Crippen LogP contribution < -0.4 is 0 Å². The average molecular weight is 206 g/mol. The van der Waals surface area contributed by atoms with Crippen molar-refractivity contribution >= 4 is 0 Å². The number of rotatable bonds is 1. The Bertz CT molecular complexity index is 208. The SMILES string of the molecule is CC1OC2C(O)[C@H](O)C(CO)O[C@H]2O1. The van der Waals surface area contributed by atoms with Gasteiger partial charge in [0.15, 0.2) is 12.6 Å². The van der Waals surface area contributed by atoms with Crippen LogP contribution in [0.2, 0.25) is 0 Å². The van der Waals surface area contributed by atoms with Gasteiger partial charge in [-0.2, -0.15) is 0 Å². The highest BCUT2D eigenvalue weighted by molar-refractivity contribution is 4.91. The molecule has 0 bridgehead atoms. The molecule has 3 N–H and O–H groups in total. The Morgan fingerprint density at radius 2 is 1.79 bits per heavy atom. The first kappa shape index (κ1) is 10.3. The van der Waals surface area contributed by atoms with Gasteiger partial charge >= 0.3 is 0 Å². The van der Waals surface area contributed by atoms with Crippen molar-refractivity contribution in [1.82, 2.24) is 0 Å². The van der Waals surface area contributed by atoms with Gasteiger partial charge in [-0.05, 0) is 6.92 Å². The fraction of sp³-hybridized carbons (Fsp3) is 1.00. The van der Waals surface area contributed by atoms with Crippen LogP contribution in [-0.4, -0.2) is 58.9 Å². The van der Waals surface area contributed by atoms with Crippen LogP contribution in [-0.2, 0) is 14.2 Å². The summed E-state index contributed by atoms with van der Waals surface area (Å²) in [5.41, 5.74) is 0. The molecule has 2 rings (SSSR count). The molecule has 2 saturated heterocycles. The normalized spacial score (nSPS) is 53.1.